The van der Waals surface area contributed by atoms with Gasteiger partial charge in [0.1, 0.15) is 11.9 Å². The van der Waals surface area contributed by atoms with E-state index in [2.05, 4.69) is 0 Å². The first-order valence-corrected chi connectivity index (χ1v) is 5.23. The Morgan fingerprint density at radius 1 is 1.25 bits per heavy atom. The number of hydrogen-bond acceptors (Lipinski definition) is 3. The van der Waals surface area contributed by atoms with Gasteiger partial charge in [0.15, 0.2) is 0 Å². The lowest BCUT2D eigenvalue weighted by atomic mass is 9.93. The summed E-state index contributed by atoms with van der Waals surface area (Å²) in [6.45, 7) is 1.99. The van der Waals surface area contributed by atoms with E-state index in [0.717, 1.165) is 5.56 Å². The molecule has 1 aliphatic rings. The molecule has 0 bridgehead atoms. The molecule has 0 spiro atoms. The third kappa shape index (κ3) is 1.94. The van der Waals surface area contributed by atoms with E-state index in [0.29, 0.717) is 5.76 Å². The van der Waals surface area contributed by atoms with Gasteiger partial charge in [-0.2, -0.15) is 0 Å². The Bertz CT molecular complexity index is 408. The number of hydrogen-bond donors (Lipinski definition) is 0. The van der Waals surface area contributed by atoms with Crippen molar-refractivity contribution >= 4 is 5.97 Å². The molecule has 1 aliphatic heterocycles. The molecule has 0 radical (unpaired) electrons. The Labute approximate surface area is 94.7 Å². The lowest BCUT2D eigenvalue weighted by Crippen LogP contribution is -2.24. The number of cyclic esters (lactones) is 1. The van der Waals surface area contributed by atoms with Gasteiger partial charge in [0.2, 0.25) is 0 Å². The largest absolute Gasteiger partial charge is 0.500 e. The summed E-state index contributed by atoms with van der Waals surface area (Å²) in [5.41, 5.74) is 0.992. The van der Waals surface area contributed by atoms with Crippen LogP contribution in [0.1, 0.15) is 18.6 Å². The Kier molecular flexibility index (Phi) is 2.95. The molecule has 1 heterocycles. The molecule has 2 rings (SSSR count). The molecule has 0 amide bonds. The van der Waals surface area contributed by atoms with Crippen LogP contribution in [0.2, 0.25) is 0 Å². The summed E-state index contributed by atoms with van der Waals surface area (Å²) in [5, 5.41) is 0. The van der Waals surface area contributed by atoms with Gasteiger partial charge >= 0.3 is 5.97 Å². The standard InChI is InChI=1S/C13H14O3/c1-9-11(15-2)8-12(14)16-13(9)10-6-4-3-5-7-10/h3-9,13H,1-2H3. The highest BCUT2D eigenvalue weighted by Gasteiger charge is 2.31. The smallest absolute Gasteiger partial charge is 0.334 e. The van der Waals surface area contributed by atoms with Gasteiger partial charge in [-0.05, 0) is 5.56 Å². The fourth-order valence-corrected chi connectivity index (χ4v) is 1.90. The summed E-state index contributed by atoms with van der Waals surface area (Å²) in [7, 11) is 1.57. The molecule has 0 aliphatic carbocycles. The van der Waals surface area contributed by atoms with Gasteiger partial charge in [-0.25, -0.2) is 4.79 Å². The van der Waals surface area contributed by atoms with Crippen LogP contribution in [-0.2, 0) is 14.3 Å². The third-order valence-electron chi connectivity index (χ3n) is 2.77. The Balaban J connectivity index is 2.31. The number of ether oxygens (including phenoxy) is 2. The minimum Gasteiger partial charge on any atom is -0.500 e. The lowest BCUT2D eigenvalue weighted by Gasteiger charge is -2.28. The summed E-state index contributed by atoms with van der Waals surface area (Å²) in [5.74, 6) is 0.374. The third-order valence-corrected chi connectivity index (χ3v) is 2.77. The van der Waals surface area contributed by atoms with Gasteiger partial charge in [-0.3, -0.25) is 0 Å². The predicted octanol–water partition coefficient (Wildman–Crippen LogP) is 2.45. The summed E-state index contributed by atoms with van der Waals surface area (Å²) < 4.78 is 10.5. The second-order valence-corrected chi connectivity index (χ2v) is 3.81. The van der Waals surface area contributed by atoms with Gasteiger partial charge in [0, 0.05) is 0 Å². The number of carbonyl (C=O) groups excluding carboxylic acids is 1. The van der Waals surface area contributed by atoms with Crippen molar-refractivity contribution in [1.82, 2.24) is 0 Å². The van der Waals surface area contributed by atoms with E-state index >= 15 is 0 Å². The minimum atomic E-state index is -0.344. The molecule has 1 aromatic carbocycles. The number of benzene rings is 1. The average Bonchev–Trinajstić information content (AvgIpc) is 2.33. The van der Waals surface area contributed by atoms with E-state index in [1.165, 1.54) is 6.08 Å². The molecule has 3 nitrogen and oxygen atoms in total. The van der Waals surface area contributed by atoms with E-state index < -0.39 is 0 Å². The van der Waals surface area contributed by atoms with Crippen molar-refractivity contribution in [2.24, 2.45) is 5.92 Å². The highest BCUT2D eigenvalue weighted by molar-refractivity contribution is 5.83. The first-order chi connectivity index (χ1) is 7.72. The van der Waals surface area contributed by atoms with Gasteiger partial charge in [-0.15, -0.1) is 0 Å². The van der Waals surface area contributed by atoms with Crippen molar-refractivity contribution in [2.45, 2.75) is 13.0 Å². The van der Waals surface area contributed by atoms with E-state index in [-0.39, 0.29) is 18.0 Å². The quantitative estimate of drug-likeness (QED) is 0.715. The molecule has 0 aromatic heterocycles. The van der Waals surface area contributed by atoms with Crippen molar-refractivity contribution in [3.8, 4) is 0 Å². The molecule has 2 unspecified atom stereocenters. The second kappa shape index (κ2) is 4.39. The van der Waals surface area contributed by atoms with Crippen LogP contribution in [0, 0.1) is 5.92 Å². The number of carbonyl (C=O) groups is 1. The first-order valence-electron chi connectivity index (χ1n) is 5.23. The SMILES string of the molecule is COC1=CC(=O)OC(c2ccccc2)C1C. The fraction of sp³-hybridized carbons (Fsp3) is 0.308. The maximum atomic E-state index is 11.4. The van der Waals surface area contributed by atoms with Crippen LogP contribution in [0.5, 0.6) is 0 Å². The molecule has 0 saturated heterocycles. The summed E-state index contributed by atoms with van der Waals surface area (Å²) in [6, 6.07) is 9.70. The molecule has 0 N–H and O–H groups in total. The normalized spacial score (nSPS) is 24.6. The molecule has 0 fully saturated rings. The lowest BCUT2D eigenvalue weighted by molar-refractivity contribution is -0.148. The van der Waals surface area contributed by atoms with Gasteiger partial charge in [0.05, 0.1) is 19.1 Å². The zero-order chi connectivity index (χ0) is 11.5. The van der Waals surface area contributed by atoms with E-state index in [4.69, 9.17) is 9.47 Å². The van der Waals surface area contributed by atoms with Gasteiger partial charge in [-0.1, -0.05) is 37.3 Å². The zero-order valence-corrected chi connectivity index (χ0v) is 9.34. The Hall–Kier alpha value is -1.77. The molecular weight excluding hydrogens is 204 g/mol. The average molecular weight is 218 g/mol. The predicted molar refractivity (Wildman–Crippen MR) is 59.5 cm³/mol. The topological polar surface area (TPSA) is 35.5 Å². The van der Waals surface area contributed by atoms with Crippen LogP contribution >= 0.6 is 0 Å². The summed E-state index contributed by atoms with van der Waals surface area (Å²) in [4.78, 5) is 11.4. The monoisotopic (exact) mass is 218 g/mol. The van der Waals surface area contributed by atoms with Crippen molar-refractivity contribution in [3.63, 3.8) is 0 Å². The fourth-order valence-electron chi connectivity index (χ4n) is 1.90. The highest BCUT2D eigenvalue weighted by Crippen LogP contribution is 2.34. The minimum absolute atomic E-state index is 0.0464. The van der Waals surface area contributed by atoms with E-state index in [1.807, 2.05) is 37.3 Å². The van der Waals surface area contributed by atoms with Crippen molar-refractivity contribution in [2.75, 3.05) is 7.11 Å². The molecular formula is C13H14O3. The maximum Gasteiger partial charge on any atom is 0.334 e. The highest BCUT2D eigenvalue weighted by atomic mass is 16.6. The Morgan fingerprint density at radius 2 is 1.94 bits per heavy atom. The number of methoxy groups -OCH3 is 1. The molecule has 16 heavy (non-hydrogen) atoms. The first kappa shape index (κ1) is 10.7. The molecule has 2 atom stereocenters. The summed E-state index contributed by atoms with van der Waals surface area (Å²) >= 11 is 0. The summed E-state index contributed by atoms with van der Waals surface area (Å²) in [6.07, 6.45) is 1.15. The van der Waals surface area contributed by atoms with Crippen molar-refractivity contribution in [3.05, 3.63) is 47.7 Å². The zero-order valence-electron chi connectivity index (χ0n) is 9.34. The molecule has 0 saturated carbocycles. The van der Waals surface area contributed by atoms with Gasteiger partial charge < -0.3 is 9.47 Å². The van der Waals surface area contributed by atoms with Crippen LogP contribution < -0.4 is 0 Å². The van der Waals surface area contributed by atoms with Crippen LogP contribution in [-0.4, -0.2) is 13.1 Å². The molecule has 84 valence electrons. The number of rotatable bonds is 2. The van der Waals surface area contributed by atoms with Crippen LogP contribution in [0.4, 0.5) is 0 Å². The van der Waals surface area contributed by atoms with Gasteiger partial charge in [0.25, 0.3) is 0 Å². The number of esters is 1. The second-order valence-electron chi connectivity index (χ2n) is 3.81. The molecule has 1 aromatic rings. The van der Waals surface area contributed by atoms with E-state index in [9.17, 15) is 4.79 Å². The Morgan fingerprint density at radius 3 is 2.56 bits per heavy atom. The van der Waals surface area contributed by atoms with Crippen LogP contribution in [0.15, 0.2) is 42.2 Å². The van der Waals surface area contributed by atoms with Crippen molar-refractivity contribution in [1.29, 1.82) is 0 Å². The van der Waals surface area contributed by atoms with Crippen LogP contribution in [0.3, 0.4) is 0 Å². The van der Waals surface area contributed by atoms with Crippen molar-refractivity contribution < 1.29 is 14.3 Å². The van der Waals surface area contributed by atoms with Crippen LogP contribution in [0.25, 0.3) is 0 Å². The van der Waals surface area contributed by atoms with E-state index in [1.54, 1.807) is 7.11 Å². The molecule has 3 heteroatoms. The maximum absolute atomic E-state index is 11.4.